The normalized spacial score (nSPS) is 32.8. The van der Waals surface area contributed by atoms with Crippen LogP contribution in [0, 0.1) is 11.8 Å². The molecular formula is C25H28N2O5S. The van der Waals surface area contributed by atoms with Gasteiger partial charge in [-0.2, -0.15) is 0 Å². The van der Waals surface area contributed by atoms with Crippen molar-refractivity contribution in [3.8, 4) is 0 Å². The van der Waals surface area contributed by atoms with Crippen molar-refractivity contribution >= 4 is 29.5 Å². The number of amides is 2. The van der Waals surface area contributed by atoms with Crippen LogP contribution in [0.25, 0.3) is 0 Å². The number of aliphatic hydroxyl groups is 1. The number of aliphatic hydroxyl groups excluding tert-OH is 1. The average molecular weight is 469 g/mol. The number of carbonyl (C=O) groups is 3. The molecule has 1 aromatic carbocycles. The summed E-state index contributed by atoms with van der Waals surface area (Å²) in [5.41, 5.74) is 1.03. The van der Waals surface area contributed by atoms with E-state index >= 15 is 0 Å². The van der Waals surface area contributed by atoms with Gasteiger partial charge >= 0.3 is 5.97 Å². The van der Waals surface area contributed by atoms with Crippen LogP contribution < -0.4 is 0 Å². The number of ether oxygens (including phenoxy) is 1. The quantitative estimate of drug-likeness (QED) is 0.389. The number of cyclic esters (lactones) is 1. The number of esters is 1. The smallest absolute Gasteiger partial charge is 0.311 e. The minimum absolute atomic E-state index is 0.0336. The van der Waals surface area contributed by atoms with Crippen molar-refractivity contribution in [1.82, 2.24) is 9.80 Å². The standard InChI is InChI=1S/C25H28N2O5S/c28-14-5-4-13-27-21-23(30)26(16-17-8-2-1-3-9-17)12-7-11-25(21)20(22(27)29)19-18(33-25)10-6-15-32-24(19)31/h1-3,6-11,18-21,28H,4-5,12-16H2/t18-,19+,20-,21?,25-/m0/s1. The molecule has 2 amide bonds. The zero-order valence-electron chi connectivity index (χ0n) is 18.3. The molecule has 5 atom stereocenters. The molecule has 1 spiro atoms. The van der Waals surface area contributed by atoms with E-state index in [1.165, 1.54) is 0 Å². The van der Waals surface area contributed by atoms with Crippen LogP contribution in [0.15, 0.2) is 54.6 Å². The Labute approximate surface area is 197 Å². The molecule has 0 radical (unpaired) electrons. The number of hydrogen-bond donors (Lipinski definition) is 1. The van der Waals surface area contributed by atoms with Crippen LogP contribution in [0.1, 0.15) is 18.4 Å². The van der Waals surface area contributed by atoms with E-state index in [0.29, 0.717) is 32.5 Å². The Kier molecular flexibility index (Phi) is 6.05. The van der Waals surface area contributed by atoms with Gasteiger partial charge in [0.2, 0.25) is 11.8 Å². The summed E-state index contributed by atoms with van der Waals surface area (Å²) in [6, 6.07) is 9.13. The monoisotopic (exact) mass is 468 g/mol. The second-order valence-corrected chi connectivity index (χ2v) is 10.5. The van der Waals surface area contributed by atoms with Crippen LogP contribution in [0.4, 0.5) is 0 Å². The molecule has 8 heteroatoms. The Bertz CT molecular complexity index is 996. The lowest BCUT2D eigenvalue weighted by atomic mass is 9.78. The van der Waals surface area contributed by atoms with Gasteiger partial charge in [0.25, 0.3) is 0 Å². The van der Waals surface area contributed by atoms with Gasteiger partial charge in [-0.25, -0.2) is 0 Å². The Morgan fingerprint density at radius 2 is 1.91 bits per heavy atom. The third-order valence-corrected chi connectivity index (χ3v) is 8.76. The van der Waals surface area contributed by atoms with E-state index < -0.39 is 22.6 Å². The second-order valence-electron chi connectivity index (χ2n) is 8.97. The summed E-state index contributed by atoms with van der Waals surface area (Å²) in [4.78, 5) is 44.2. The van der Waals surface area contributed by atoms with Gasteiger partial charge in [-0.3, -0.25) is 14.4 Å². The predicted octanol–water partition coefficient (Wildman–Crippen LogP) is 1.77. The molecule has 174 valence electrons. The first-order valence-corrected chi connectivity index (χ1v) is 12.4. The Balaban J connectivity index is 1.53. The van der Waals surface area contributed by atoms with Gasteiger partial charge in [0, 0.05) is 31.5 Å². The van der Waals surface area contributed by atoms with Crippen LogP contribution >= 0.6 is 11.8 Å². The van der Waals surface area contributed by atoms with Gasteiger partial charge in [-0.1, -0.05) is 54.6 Å². The molecule has 0 aliphatic carbocycles. The molecular weight excluding hydrogens is 440 g/mol. The van der Waals surface area contributed by atoms with Gasteiger partial charge in [-0.15, -0.1) is 11.8 Å². The lowest BCUT2D eigenvalue weighted by Gasteiger charge is -2.35. The van der Waals surface area contributed by atoms with E-state index in [-0.39, 0.29) is 36.2 Å². The lowest BCUT2D eigenvalue weighted by Crippen LogP contribution is -2.53. The van der Waals surface area contributed by atoms with Gasteiger partial charge in [0.15, 0.2) is 0 Å². The topological polar surface area (TPSA) is 87.2 Å². The summed E-state index contributed by atoms with van der Waals surface area (Å²) < 4.78 is 4.57. The highest BCUT2D eigenvalue weighted by atomic mass is 32.2. The van der Waals surface area contributed by atoms with Crippen LogP contribution in [0.5, 0.6) is 0 Å². The van der Waals surface area contributed by atoms with Gasteiger partial charge in [0.05, 0.1) is 16.6 Å². The molecule has 4 heterocycles. The van der Waals surface area contributed by atoms with E-state index in [4.69, 9.17) is 4.74 Å². The first-order valence-electron chi connectivity index (χ1n) is 11.5. The lowest BCUT2D eigenvalue weighted by molar-refractivity contribution is -0.151. The summed E-state index contributed by atoms with van der Waals surface area (Å²) >= 11 is 1.55. The molecule has 2 fully saturated rings. The number of benzene rings is 1. The van der Waals surface area contributed by atoms with E-state index in [9.17, 15) is 19.5 Å². The van der Waals surface area contributed by atoms with E-state index in [2.05, 4.69) is 0 Å². The molecule has 1 aromatic rings. The molecule has 7 nitrogen and oxygen atoms in total. The van der Waals surface area contributed by atoms with Crippen molar-refractivity contribution in [3.05, 3.63) is 60.2 Å². The zero-order valence-corrected chi connectivity index (χ0v) is 19.2. The van der Waals surface area contributed by atoms with Gasteiger partial charge in [0.1, 0.15) is 12.6 Å². The molecule has 5 rings (SSSR count). The Morgan fingerprint density at radius 3 is 2.70 bits per heavy atom. The maximum Gasteiger partial charge on any atom is 0.311 e. The minimum Gasteiger partial charge on any atom is -0.461 e. The van der Waals surface area contributed by atoms with Crippen LogP contribution in [-0.2, 0) is 25.7 Å². The Morgan fingerprint density at radius 1 is 1.09 bits per heavy atom. The molecule has 33 heavy (non-hydrogen) atoms. The summed E-state index contributed by atoms with van der Waals surface area (Å²) in [6.45, 7) is 1.53. The van der Waals surface area contributed by atoms with Crippen LogP contribution in [0.3, 0.4) is 0 Å². The highest BCUT2D eigenvalue weighted by Crippen LogP contribution is 2.60. The number of nitrogens with zero attached hydrogens (tertiary/aromatic N) is 2. The summed E-state index contributed by atoms with van der Waals surface area (Å²) in [6.07, 6.45) is 8.92. The van der Waals surface area contributed by atoms with Crippen molar-refractivity contribution in [1.29, 1.82) is 0 Å². The fourth-order valence-corrected chi connectivity index (χ4v) is 7.60. The van der Waals surface area contributed by atoms with E-state index in [1.807, 2.05) is 54.6 Å². The van der Waals surface area contributed by atoms with Crippen LogP contribution in [-0.4, -0.2) is 75.0 Å². The number of thioether (sulfide) groups is 1. The van der Waals surface area contributed by atoms with Crippen molar-refractivity contribution in [2.45, 2.75) is 35.4 Å². The number of likely N-dealkylation sites (tertiary alicyclic amines) is 1. The van der Waals surface area contributed by atoms with Gasteiger partial charge < -0.3 is 19.6 Å². The highest BCUT2D eigenvalue weighted by Gasteiger charge is 2.70. The number of rotatable bonds is 6. The third-order valence-electron chi connectivity index (χ3n) is 7.02. The fourth-order valence-electron chi connectivity index (χ4n) is 5.60. The number of fused-ring (bicyclic) bond motifs is 2. The maximum atomic E-state index is 14.0. The van der Waals surface area contributed by atoms with Crippen molar-refractivity contribution in [2.24, 2.45) is 11.8 Å². The Hall–Kier alpha value is -2.58. The summed E-state index contributed by atoms with van der Waals surface area (Å²) in [5, 5.41) is 9.06. The predicted molar refractivity (Wildman–Crippen MR) is 124 cm³/mol. The van der Waals surface area contributed by atoms with E-state index in [0.717, 1.165) is 5.56 Å². The maximum absolute atomic E-state index is 14.0. The first kappa shape index (κ1) is 22.2. The van der Waals surface area contributed by atoms with Crippen molar-refractivity contribution in [2.75, 3.05) is 26.3 Å². The summed E-state index contributed by atoms with van der Waals surface area (Å²) in [7, 11) is 0. The molecule has 0 aromatic heterocycles. The zero-order chi connectivity index (χ0) is 23.0. The molecule has 2 saturated heterocycles. The highest BCUT2D eigenvalue weighted by molar-refractivity contribution is 8.02. The second kappa shape index (κ2) is 8.99. The first-order chi connectivity index (χ1) is 16.1. The van der Waals surface area contributed by atoms with Crippen molar-refractivity contribution in [3.63, 3.8) is 0 Å². The SMILES string of the molecule is O=C1OCC=C[C@@H]2S[C@]34C=CCN(Cc5ccccc5)C(=O)C3N(CCCCO)C(=O)[C@@H]4[C@H]12. The fraction of sp³-hybridized carbons (Fsp3) is 0.480. The number of carbonyl (C=O) groups excluding carboxylic acids is 3. The number of unbranched alkanes of at least 4 members (excludes halogenated alkanes) is 1. The molecule has 0 saturated carbocycles. The molecule has 4 aliphatic rings. The molecule has 1 unspecified atom stereocenters. The largest absolute Gasteiger partial charge is 0.461 e. The molecule has 1 N–H and O–H groups in total. The van der Waals surface area contributed by atoms with Crippen LogP contribution in [0.2, 0.25) is 0 Å². The average Bonchev–Trinajstić information content (AvgIpc) is 3.11. The van der Waals surface area contributed by atoms with Crippen molar-refractivity contribution < 1.29 is 24.2 Å². The molecule has 4 aliphatic heterocycles. The van der Waals surface area contributed by atoms with Gasteiger partial charge in [-0.05, 0) is 18.4 Å². The summed E-state index contributed by atoms with van der Waals surface area (Å²) in [5.74, 6) is -1.87. The third kappa shape index (κ3) is 3.69. The number of hydrogen-bond acceptors (Lipinski definition) is 6. The molecule has 0 bridgehead atoms. The minimum atomic E-state index is -0.811. The van der Waals surface area contributed by atoms with E-state index in [1.54, 1.807) is 21.6 Å².